The third-order valence-electron chi connectivity index (χ3n) is 1.47. The van der Waals surface area contributed by atoms with Crippen molar-refractivity contribution in [3.63, 3.8) is 0 Å². The van der Waals surface area contributed by atoms with Crippen LogP contribution in [0.4, 0.5) is 4.39 Å². The van der Waals surface area contributed by atoms with Gasteiger partial charge in [0.05, 0.1) is 4.88 Å². The lowest BCUT2D eigenvalue weighted by Crippen LogP contribution is -1.68. The molecule has 0 aliphatic rings. The van der Waals surface area contributed by atoms with Gasteiger partial charge in [0, 0.05) is 6.07 Å². The van der Waals surface area contributed by atoms with E-state index in [0.29, 0.717) is 16.9 Å². The van der Waals surface area contributed by atoms with Gasteiger partial charge in [0.2, 0.25) is 0 Å². The Kier molecular flexibility index (Phi) is 1.94. The molecule has 2 aromatic rings. The largest absolute Gasteiger partial charge is 0.353 e. The van der Waals surface area contributed by atoms with E-state index in [0.717, 1.165) is 11.3 Å². The van der Waals surface area contributed by atoms with Crippen LogP contribution in [0.3, 0.4) is 0 Å². The number of carbonyl (C=O) groups is 1. The first-order valence-electron chi connectivity index (χ1n) is 3.47. The smallest absolute Gasteiger partial charge is 0.199 e. The number of aldehydes is 1. The van der Waals surface area contributed by atoms with E-state index in [9.17, 15) is 9.18 Å². The second-order valence-electron chi connectivity index (χ2n) is 2.34. The average Bonchev–Trinajstić information content (AvgIpc) is 2.71. The summed E-state index contributed by atoms with van der Waals surface area (Å²) >= 11 is 0.960. The zero-order valence-corrected chi connectivity index (χ0v) is 7.18. The molecule has 0 spiro atoms. The molecule has 0 bridgehead atoms. The monoisotopic (exact) mass is 197 g/mol. The van der Waals surface area contributed by atoms with Crippen molar-refractivity contribution in [2.75, 3.05) is 0 Å². The Hall–Kier alpha value is -1.49. The molecule has 0 radical (unpaired) electrons. The second kappa shape index (κ2) is 3.10. The molecule has 0 saturated carbocycles. The third kappa shape index (κ3) is 1.50. The van der Waals surface area contributed by atoms with Gasteiger partial charge in [0.25, 0.3) is 0 Å². The van der Waals surface area contributed by atoms with Crippen LogP contribution >= 0.6 is 11.3 Å². The number of carbonyl (C=O) groups excluding carboxylic acids is 1. The molecule has 0 atom stereocenters. The molecule has 0 saturated heterocycles. The summed E-state index contributed by atoms with van der Waals surface area (Å²) in [5.74, 6) is 0.142. The number of hydrogen-bond donors (Lipinski definition) is 0. The van der Waals surface area contributed by atoms with Gasteiger partial charge < -0.3 is 4.52 Å². The van der Waals surface area contributed by atoms with Gasteiger partial charge in [-0.15, -0.1) is 11.3 Å². The van der Waals surface area contributed by atoms with E-state index in [1.54, 1.807) is 6.07 Å². The van der Waals surface area contributed by atoms with Crippen molar-refractivity contribution in [1.29, 1.82) is 0 Å². The van der Waals surface area contributed by atoms with E-state index in [4.69, 9.17) is 0 Å². The van der Waals surface area contributed by atoms with Crippen LogP contribution in [0.2, 0.25) is 0 Å². The fourth-order valence-corrected chi connectivity index (χ4v) is 1.60. The summed E-state index contributed by atoms with van der Waals surface area (Å²) in [5.41, 5.74) is 0.482. The highest BCUT2D eigenvalue weighted by Crippen LogP contribution is 2.26. The minimum absolute atomic E-state index is 0.142. The van der Waals surface area contributed by atoms with E-state index in [1.165, 1.54) is 12.1 Å². The highest BCUT2D eigenvalue weighted by molar-refractivity contribution is 7.13. The Bertz CT molecular complexity index is 435. The van der Waals surface area contributed by atoms with Gasteiger partial charge in [0.15, 0.2) is 17.2 Å². The topological polar surface area (TPSA) is 43.1 Å². The fraction of sp³-hybridized carbons (Fsp3) is 0. The summed E-state index contributed by atoms with van der Waals surface area (Å²) < 4.78 is 17.2. The molecule has 2 rings (SSSR count). The molecule has 2 heterocycles. The molecule has 0 unspecified atom stereocenters. The van der Waals surface area contributed by atoms with Crippen LogP contribution in [-0.4, -0.2) is 11.4 Å². The zero-order valence-electron chi connectivity index (χ0n) is 6.36. The van der Waals surface area contributed by atoms with Crippen LogP contribution < -0.4 is 0 Å². The van der Waals surface area contributed by atoms with Crippen molar-refractivity contribution in [2.45, 2.75) is 0 Å². The Morgan fingerprint density at radius 1 is 1.54 bits per heavy atom. The molecule has 0 N–H and O–H groups in total. The van der Waals surface area contributed by atoms with Gasteiger partial charge in [-0.2, -0.15) is 4.39 Å². The number of halogens is 1. The highest BCUT2D eigenvalue weighted by atomic mass is 32.1. The molecule has 2 aromatic heterocycles. The predicted molar refractivity (Wildman–Crippen MR) is 45.2 cm³/mol. The standard InChI is InChI=1S/C8H4FNO2S/c9-8-2-1-7(13-8)6-3-5(4-11)12-10-6/h1-4H. The maximum atomic E-state index is 12.6. The van der Waals surface area contributed by atoms with Crippen molar-refractivity contribution >= 4 is 17.6 Å². The van der Waals surface area contributed by atoms with Crippen LogP contribution in [0.25, 0.3) is 10.6 Å². The van der Waals surface area contributed by atoms with Crippen molar-refractivity contribution in [1.82, 2.24) is 5.16 Å². The molecule has 0 fully saturated rings. The van der Waals surface area contributed by atoms with Crippen molar-refractivity contribution < 1.29 is 13.7 Å². The third-order valence-corrected chi connectivity index (χ3v) is 2.37. The number of hydrogen-bond acceptors (Lipinski definition) is 4. The minimum atomic E-state index is -0.286. The molecular weight excluding hydrogens is 193 g/mol. The summed E-state index contributed by atoms with van der Waals surface area (Å²) in [4.78, 5) is 10.9. The number of rotatable bonds is 2. The summed E-state index contributed by atoms with van der Waals surface area (Å²) in [7, 11) is 0. The molecular formula is C8H4FNO2S. The van der Waals surface area contributed by atoms with Gasteiger partial charge in [-0.05, 0) is 12.1 Å². The lowest BCUT2D eigenvalue weighted by atomic mass is 10.3. The van der Waals surface area contributed by atoms with Crippen LogP contribution in [0.1, 0.15) is 10.6 Å². The van der Waals surface area contributed by atoms with Gasteiger partial charge in [-0.3, -0.25) is 4.79 Å². The normalized spacial score (nSPS) is 10.2. The van der Waals surface area contributed by atoms with Crippen LogP contribution in [0.5, 0.6) is 0 Å². The summed E-state index contributed by atoms with van der Waals surface area (Å²) in [6, 6.07) is 4.40. The number of nitrogens with zero attached hydrogens (tertiary/aromatic N) is 1. The molecule has 5 heteroatoms. The molecule has 3 nitrogen and oxygen atoms in total. The lowest BCUT2D eigenvalue weighted by Gasteiger charge is -1.82. The minimum Gasteiger partial charge on any atom is -0.353 e. The maximum Gasteiger partial charge on any atom is 0.199 e. The zero-order chi connectivity index (χ0) is 9.26. The maximum absolute atomic E-state index is 12.6. The SMILES string of the molecule is O=Cc1cc(-c2ccc(F)s2)no1. The first-order valence-corrected chi connectivity index (χ1v) is 4.29. The molecule has 0 amide bonds. The van der Waals surface area contributed by atoms with E-state index < -0.39 is 0 Å². The van der Waals surface area contributed by atoms with E-state index >= 15 is 0 Å². The van der Waals surface area contributed by atoms with Gasteiger partial charge >= 0.3 is 0 Å². The number of thiophene rings is 1. The first kappa shape index (κ1) is 8.12. The van der Waals surface area contributed by atoms with Crippen LogP contribution in [0.15, 0.2) is 22.7 Å². The van der Waals surface area contributed by atoms with Crippen molar-refractivity contribution in [3.05, 3.63) is 29.1 Å². The number of aromatic nitrogens is 1. The van der Waals surface area contributed by atoms with Gasteiger partial charge in [-0.25, -0.2) is 0 Å². The lowest BCUT2D eigenvalue weighted by molar-refractivity contribution is 0.109. The second-order valence-corrected chi connectivity index (χ2v) is 3.37. The predicted octanol–water partition coefficient (Wildman–Crippen LogP) is 2.35. The highest BCUT2D eigenvalue weighted by Gasteiger charge is 2.07. The molecule has 66 valence electrons. The van der Waals surface area contributed by atoms with E-state index in [-0.39, 0.29) is 10.9 Å². The Balaban J connectivity index is 2.40. The fourth-order valence-electron chi connectivity index (χ4n) is 0.913. The molecule has 0 aromatic carbocycles. The average molecular weight is 197 g/mol. The van der Waals surface area contributed by atoms with Gasteiger partial charge in [-0.1, -0.05) is 5.16 Å². The Morgan fingerprint density at radius 3 is 2.92 bits per heavy atom. The van der Waals surface area contributed by atoms with Gasteiger partial charge in [0.1, 0.15) is 5.69 Å². The first-order chi connectivity index (χ1) is 6.29. The Labute approximate surface area is 76.8 Å². The summed E-state index contributed by atoms with van der Waals surface area (Å²) in [6.07, 6.45) is 0.556. The van der Waals surface area contributed by atoms with E-state index in [2.05, 4.69) is 9.68 Å². The Morgan fingerprint density at radius 2 is 2.38 bits per heavy atom. The van der Waals surface area contributed by atoms with Crippen molar-refractivity contribution in [2.24, 2.45) is 0 Å². The van der Waals surface area contributed by atoms with Crippen molar-refractivity contribution in [3.8, 4) is 10.6 Å². The molecule has 13 heavy (non-hydrogen) atoms. The van der Waals surface area contributed by atoms with Crippen LogP contribution in [0, 0.1) is 5.13 Å². The molecule has 0 aliphatic heterocycles. The molecule has 0 aliphatic carbocycles. The van der Waals surface area contributed by atoms with E-state index in [1.807, 2.05) is 0 Å². The van der Waals surface area contributed by atoms with Crippen LogP contribution in [-0.2, 0) is 0 Å². The summed E-state index contributed by atoms with van der Waals surface area (Å²) in [6.45, 7) is 0. The summed E-state index contributed by atoms with van der Waals surface area (Å²) in [5, 5.41) is 3.32. The quantitative estimate of drug-likeness (QED) is 0.694.